The predicted molar refractivity (Wildman–Crippen MR) is 118 cm³/mol. The number of aromatic nitrogens is 1. The van der Waals surface area contributed by atoms with Gasteiger partial charge < -0.3 is 15.2 Å². The average molecular weight is 387 g/mol. The van der Waals surface area contributed by atoms with Crippen molar-refractivity contribution in [3.05, 3.63) is 82.8 Å². The van der Waals surface area contributed by atoms with Crippen molar-refractivity contribution in [2.75, 3.05) is 23.3 Å². The maximum absolute atomic E-state index is 12.9. The molecule has 1 aliphatic rings. The third-order valence-electron chi connectivity index (χ3n) is 5.55. The van der Waals surface area contributed by atoms with Crippen LogP contribution in [0.4, 0.5) is 11.4 Å². The first kappa shape index (κ1) is 19.0. The molecule has 0 aliphatic carbocycles. The van der Waals surface area contributed by atoms with Crippen LogP contribution in [0.2, 0.25) is 0 Å². The maximum Gasteiger partial charge on any atom is 0.261 e. The molecule has 29 heavy (non-hydrogen) atoms. The van der Waals surface area contributed by atoms with Gasteiger partial charge in [-0.15, -0.1) is 0 Å². The van der Waals surface area contributed by atoms with Gasteiger partial charge in [0.05, 0.1) is 0 Å². The molecule has 3 aromatic rings. The largest absolute Gasteiger partial charge is 0.372 e. The van der Waals surface area contributed by atoms with E-state index in [0.717, 1.165) is 30.3 Å². The average Bonchev–Trinajstić information content (AvgIpc) is 2.75. The van der Waals surface area contributed by atoms with Crippen LogP contribution >= 0.6 is 0 Å². The summed E-state index contributed by atoms with van der Waals surface area (Å²) in [5.41, 5.74) is 3.00. The number of pyridine rings is 1. The highest BCUT2D eigenvalue weighted by atomic mass is 16.2. The van der Waals surface area contributed by atoms with Crippen LogP contribution < -0.4 is 15.8 Å². The molecule has 5 nitrogen and oxygen atoms in total. The summed E-state index contributed by atoms with van der Waals surface area (Å²) in [5, 5.41) is 2.87. The zero-order chi connectivity index (χ0) is 20.2. The molecule has 0 spiro atoms. The maximum atomic E-state index is 12.9. The van der Waals surface area contributed by atoms with Gasteiger partial charge in [-0.05, 0) is 54.7 Å². The van der Waals surface area contributed by atoms with Crippen molar-refractivity contribution in [3.8, 4) is 11.1 Å². The number of piperidine rings is 1. The molecule has 2 aromatic carbocycles. The van der Waals surface area contributed by atoms with Crippen LogP contribution in [0.3, 0.4) is 0 Å². The summed E-state index contributed by atoms with van der Waals surface area (Å²) >= 11 is 0. The van der Waals surface area contributed by atoms with Gasteiger partial charge >= 0.3 is 0 Å². The number of carbonyl (C=O) groups is 1. The van der Waals surface area contributed by atoms with E-state index in [0.29, 0.717) is 11.3 Å². The van der Waals surface area contributed by atoms with E-state index in [9.17, 15) is 9.59 Å². The summed E-state index contributed by atoms with van der Waals surface area (Å²) in [4.78, 5) is 30.3. The number of H-pyrrole nitrogens is 1. The minimum Gasteiger partial charge on any atom is -0.372 e. The SMILES string of the molecule is CC1CCN(c2ccc(NC(=O)c3c(-c4ccccc4)cc[nH]c3=O)cc2)CC1. The lowest BCUT2D eigenvalue weighted by Gasteiger charge is -2.32. The topological polar surface area (TPSA) is 65.2 Å². The first-order valence-electron chi connectivity index (χ1n) is 10.1. The molecule has 0 radical (unpaired) electrons. The van der Waals surface area contributed by atoms with Crippen LogP contribution in [-0.2, 0) is 0 Å². The lowest BCUT2D eigenvalue weighted by molar-refractivity contribution is 0.102. The van der Waals surface area contributed by atoms with Gasteiger partial charge in [-0.3, -0.25) is 9.59 Å². The first-order chi connectivity index (χ1) is 14.1. The minimum absolute atomic E-state index is 0.118. The Hall–Kier alpha value is -3.34. The van der Waals surface area contributed by atoms with Crippen molar-refractivity contribution in [3.63, 3.8) is 0 Å². The zero-order valence-electron chi connectivity index (χ0n) is 16.5. The molecule has 1 aromatic heterocycles. The van der Waals surface area contributed by atoms with E-state index in [2.05, 4.69) is 22.1 Å². The molecule has 0 saturated carbocycles. The molecule has 2 N–H and O–H groups in total. The number of nitrogens with one attached hydrogen (secondary N) is 2. The van der Waals surface area contributed by atoms with Crippen molar-refractivity contribution < 1.29 is 4.79 Å². The predicted octanol–water partition coefficient (Wildman–Crippen LogP) is 4.53. The van der Waals surface area contributed by atoms with Crippen LogP contribution in [0.5, 0.6) is 0 Å². The number of amides is 1. The Labute approximate surface area is 170 Å². The molecule has 1 amide bonds. The fourth-order valence-electron chi connectivity index (χ4n) is 3.78. The molecule has 0 unspecified atom stereocenters. The smallest absolute Gasteiger partial charge is 0.261 e. The summed E-state index contributed by atoms with van der Waals surface area (Å²) in [6.45, 7) is 4.42. The van der Waals surface area contributed by atoms with Crippen molar-refractivity contribution in [2.24, 2.45) is 5.92 Å². The second kappa shape index (κ2) is 8.35. The molecule has 2 heterocycles. The van der Waals surface area contributed by atoms with E-state index in [4.69, 9.17) is 0 Å². The molecule has 1 fully saturated rings. The van der Waals surface area contributed by atoms with Crippen molar-refractivity contribution in [1.29, 1.82) is 0 Å². The van der Waals surface area contributed by atoms with E-state index >= 15 is 0 Å². The van der Waals surface area contributed by atoms with Gasteiger partial charge in [0.2, 0.25) is 0 Å². The van der Waals surface area contributed by atoms with Crippen LogP contribution in [-0.4, -0.2) is 24.0 Å². The van der Waals surface area contributed by atoms with Gasteiger partial charge in [-0.25, -0.2) is 0 Å². The third-order valence-corrected chi connectivity index (χ3v) is 5.55. The standard InChI is InChI=1S/C24H25N3O2/c1-17-12-15-27(16-13-17)20-9-7-19(8-10-20)26-24(29)22-21(11-14-25-23(22)28)18-5-3-2-4-6-18/h2-11,14,17H,12-13,15-16H2,1H3,(H,25,28)(H,26,29). The highest BCUT2D eigenvalue weighted by Crippen LogP contribution is 2.25. The van der Waals surface area contributed by atoms with Gasteiger partial charge in [0.15, 0.2) is 0 Å². The molecule has 1 aliphatic heterocycles. The Kier molecular flexibility index (Phi) is 5.47. The van der Waals surface area contributed by atoms with Crippen molar-refractivity contribution >= 4 is 17.3 Å². The van der Waals surface area contributed by atoms with Crippen LogP contribution in [0.1, 0.15) is 30.1 Å². The van der Waals surface area contributed by atoms with E-state index in [1.54, 1.807) is 12.3 Å². The highest BCUT2D eigenvalue weighted by Gasteiger charge is 2.18. The molecule has 5 heteroatoms. The second-order valence-electron chi connectivity index (χ2n) is 7.63. The van der Waals surface area contributed by atoms with Gasteiger partial charge in [-0.1, -0.05) is 37.3 Å². The van der Waals surface area contributed by atoms with Crippen LogP contribution in [0.15, 0.2) is 71.7 Å². The van der Waals surface area contributed by atoms with Crippen LogP contribution in [0, 0.1) is 5.92 Å². The number of carbonyl (C=O) groups excluding carboxylic acids is 1. The molecule has 0 bridgehead atoms. The van der Waals surface area contributed by atoms with E-state index < -0.39 is 11.5 Å². The fraction of sp³-hybridized carbons (Fsp3) is 0.250. The summed E-state index contributed by atoms with van der Waals surface area (Å²) in [6.07, 6.45) is 3.98. The second-order valence-corrected chi connectivity index (χ2v) is 7.63. The zero-order valence-corrected chi connectivity index (χ0v) is 16.5. The number of benzene rings is 2. The number of aromatic amines is 1. The van der Waals surface area contributed by atoms with E-state index in [1.807, 2.05) is 54.6 Å². The van der Waals surface area contributed by atoms with Gasteiger partial charge in [-0.2, -0.15) is 0 Å². The lowest BCUT2D eigenvalue weighted by atomic mass is 9.99. The summed E-state index contributed by atoms with van der Waals surface area (Å²) < 4.78 is 0. The molecule has 4 rings (SSSR count). The molecule has 0 atom stereocenters. The monoisotopic (exact) mass is 387 g/mol. The van der Waals surface area contributed by atoms with Crippen molar-refractivity contribution in [2.45, 2.75) is 19.8 Å². The summed E-state index contributed by atoms with van der Waals surface area (Å²) in [7, 11) is 0. The van der Waals surface area contributed by atoms with Gasteiger partial charge in [0, 0.05) is 36.2 Å². The molecule has 1 saturated heterocycles. The minimum atomic E-state index is -0.412. The Balaban J connectivity index is 1.54. The van der Waals surface area contributed by atoms with E-state index in [1.165, 1.54) is 12.8 Å². The van der Waals surface area contributed by atoms with E-state index in [-0.39, 0.29) is 5.56 Å². The number of anilines is 2. The quantitative estimate of drug-likeness (QED) is 0.691. The Morgan fingerprint density at radius 3 is 2.38 bits per heavy atom. The Morgan fingerprint density at radius 2 is 1.69 bits per heavy atom. The normalized spacial score (nSPS) is 14.6. The Bertz CT molecular complexity index is 1030. The van der Waals surface area contributed by atoms with Gasteiger partial charge in [0.25, 0.3) is 11.5 Å². The number of hydrogen-bond acceptors (Lipinski definition) is 3. The number of hydrogen-bond donors (Lipinski definition) is 2. The summed E-state index contributed by atoms with van der Waals surface area (Å²) in [6, 6.07) is 19.1. The summed E-state index contributed by atoms with van der Waals surface area (Å²) in [5.74, 6) is 0.373. The molecular formula is C24H25N3O2. The Morgan fingerprint density at radius 1 is 1.00 bits per heavy atom. The first-order valence-corrected chi connectivity index (χ1v) is 10.1. The third kappa shape index (κ3) is 4.24. The lowest BCUT2D eigenvalue weighted by Crippen LogP contribution is -2.32. The molecular weight excluding hydrogens is 362 g/mol. The van der Waals surface area contributed by atoms with Crippen LogP contribution in [0.25, 0.3) is 11.1 Å². The fourth-order valence-corrected chi connectivity index (χ4v) is 3.78. The number of rotatable bonds is 4. The molecule has 148 valence electrons. The van der Waals surface area contributed by atoms with Crippen molar-refractivity contribution in [1.82, 2.24) is 4.98 Å². The number of nitrogens with zero attached hydrogens (tertiary/aromatic N) is 1. The van der Waals surface area contributed by atoms with Gasteiger partial charge in [0.1, 0.15) is 5.56 Å². The highest BCUT2D eigenvalue weighted by molar-refractivity contribution is 6.08.